The van der Waals surface area contributed by atoms with Gasteiger partial charge in [0.25, 0.3) is 0 Å². The molecule has 3 fully saturated rings. The topological polar surface area (TPSA) is 62.4 Å². The van der Waals surface area contributed by atoms with Crippen molar-refractivity contribution in [3.63, 3.8) is 0 Å². The molecule has 4 bridgehead atoms. The molecule has 1 N–H and O–H groups in total. The molecule has 6 rings (SSSR count). The zero-order chi connectivity index (χ0) is 18.1. The number of esters is 1. The van der Waals surface area contributed by atoms with Crippen LogP contribution in [0.3, 0.4) is 0 Å². The van der Waals surface area contributed by atoms with E-state index in [2.05, 4.69) is 28.1 Å². The molecule has 5 heteroatoms. The Kier molecular flexibility index (Phi) is 3.23. The minimum absolute atomic E-state index is 0.0861. The molecule has 1 aromatic carbocycles. The number of aromatic amines is 1. The van der Waals surface area contributed by atoms with Gasteiger partial charge < -0.3 is 14.5 Å². The standard InChI is InChI=1S/C21H22N2O3/c1-3-12-10-23-17-9-15(12)21(11-24,20(25)26-2)18(23)8-14-13-6-4-5-7-16(13)22-19(14)17/h3-7,11,15,17-18,22H,8-10H2,1-2H3. The molecule has 26 heavy (non-hydrogen) atoms. The second-order valence-corrected chi connectivity index (χ2v) is 7.67. The van der Waals surface area contributed by atoms with Crippen molar-refractivity contribution in [3.8, 4) is 0 Å². The third-order valence-electron chi connectivity index (χ3n) is 6.88. The third-order valence-corrected chi connectivity index (χ3v) is 6.88. The van der Waals surface area contributed by atoms with E-state index in [0.717, 1.165) is 24.8 Å². The lowest BCUT2D eigenvalue weighted by Gasteiger charge is -2.61. The van der Waals surface area contributed by atoms with Crippen molar-refractivity contribution in [1.29, 1.82) is 0 Å². The van der Waals surface area contributed by atoms with E-state index < -0.39 is 11.4 Å². The zero-order valence-electron chi connectivity index (χ0n) is 15.0. The molecule has 134 valence electrons. The quantitative estimate of drug-likeness (QED) is 0.392. The van der Waals surface area contributed by atoms with Crippen molar-refractivity contribution in [3.05, 3.63) is 47.2 Å². The number of allylic oxidation sites excluding steroid dienone is 1. The van der Waals surface area contributed by atoms with E-state index in [9.17, 15) is 9.59 Å². The number of nitrogens with one attached hydrogen (secondary N) is 1. The Morgan fingerprint density at radius 1 is 1.38 bits per heavy atom. The summed E-state index contributed by atoms with van der Waals surface area (Å²) in [7, 11) is 1.39. The number of ether oxygens (including phenoxy) is 1. The van der Waals surface area contributed by atoms with E-state index in [1.165, 1.54) is 29.3 Å². The molecular weight excluding hydrogens is 328 g/mol. The van der Waals surface area contributed by atoms with Gasteiger partial charge in [0.15, 0.2) is 0 Å². The van der Waals surface area contributed by atoms with Gasteiger partial charge in [-0.3, -0.25) is 9.69 Å². The number of nitrogens with zero attached hydrogens (tertiary/aromatic N) is 1. The number of piperidine rings is 3. The summed E-state index contributed by atoms with van der Waals surface area (Å²) >= 11 is 0. The maximum Gasteiger partial charge on any atom is 0.321 e. The summed E-state index contributed by atoms with van der Waals surface area (Å²) in [5.41, 5.74) is 3.70. The van der Waals surface area contributed by atoms with Crippen molar-refractivity contribution in [2.75, 3.05) is 13.7 Å². The molecule has 0 amide bonds. The second kappa shape index (κ2) is 5.30. The average Bonchev–Trinajstić information content (AvgIpc) is 3.06. The van der Waals surface area contributed by atoms with Crippen LogP contribution in [0.25, 0.3) is 10.9 Å². The van der Waals surface area contributed by atoms with Gasteiger partial charge in [-0.05, 0) is 31.4 Å². The SMILES string of the molecule is CC=C1CN2C3CC1C(C=O)(C(=O)OC)C2Cc1c3[nH]c2ccccc12. The summed E-state index contributed by atoms with van der Waals surface area (Å²) in [5, 5.41) is 1.20. The smallest absolute Gasteiger partial charge is 0.321 e. The molecule has 0 saturated carbocycles. The summed E-state index contributed by atoms with van der Waals surface area (Å²) in [4.78, 5) is 31.2. The molecule has 1 aromatic heterocycles. The van der Waals surface area contributed by atoms with Gasteiger partial charge in [0, 0.05) is 35.1 Å². The van der Waals surface area contributed by atoms with Crippen LogP contribution in [0.4, 0.5) is 0 Å². The van der Waals surface area contributed by atoms with Crippen molar-refractivity contribution in [2.45, 2.75) is 31.8 Å². The van der Waals surface area contributed by atoms with Crippen LogP contribution in [0.15, 0.2) is 35.9 Å². The lowest BCUT2D eigenvalue weighted by atomic mass is 9.55. The average molecular weight is 350 g/mol. The third kappa shape index (κ3) is 1.69. The Bertz CT molecular complexity index is 959. The number of para-hydroxylation sites is 1. The first-order chi connectivity index (χ1) is 12.7. The van der Waals surface area contributed by atoms with E-state index in [4.69, 9.17) is 4.74 Å². The van der Waals surface area contributed by atoms with E-state index in [1.54, 1.807) is 0 Å². The molecule has 0 aliphatic carbocycles. The number of fused-ring (bicyclic) bond motifs is 4. The number of H-pyrrole nitrogens is 1. The van der Waals surface area contributed by atoms with Crippen LogP contribution in [-0.2, 0) is 20.7 Å². The summed E-state index contributed by atoms with van der Waals surface area (Å²) < 4.78 is 5.15. The van der Waals surface area contributed by atoms with E-state index in [-0.39, 0.29) is 18.0 Å². The fourth-order valence-electron chi connectivity index (χ4n) is 5.72. The molecule has 5 nitrogen and oxygen atoms in total. The van der Waals surface area contributed by atoms with Crippen molar-refractivity contribution >= 4 is 23.2 Å². The van der Waals surface area contributed by atoms with Crippen LogP contribution in [0, 0.1) is 11.3 Å². The molecule has 4 aliphatic rings. The van der Waals surface area contributed by atoms with Gasteiger partial charge in [-0.2, -0.15) is 0 Å². The predicted octanol–water partition coefficient (Wildman–Crippen LogP) is 2.77. The van der Waals surface area contributed by atoms with Gasteiger partial charge in [0.1, 0.15) is 11.7 Å². The Labute approximate surface area is 152 Å². The van der Waals surface area contributed by atoms with Crippen LogP contribution in [0.2, 0.25) is 0 Å². The Morgan fingerprint density at radius 2 is 2.19 bits per heavy atom. The van der Waals surface area contributed by atoms with Crippen molar-refractivity contribution < 1.29 is 14.3 Å². The maximum atomic E-state index is 12.9. The lowest BCUT2D eigenvalue weighted by molar-refractivity contribution is -0.176. The number of rotatable bonds is 2. The zero-order valence-corrected chi connectivity index (χ0v) is 15.0. The normalized spacial score (nSPS) is 36.2. The number of carbonyl (C=O) groups excluding carboxylic acids is 2. The molecule has 5 heterocycles. The fraction of sp³-hybridized carbons (Fsp3) is 0.429. The number of aromatic nitrogens is 1. The maximum absolute atomic E-state index is 12.9. The summed E-state index contributed by atoms with van der Waals surface area (Å²) in [6.45, 7) is 2.81. The van der Waals surface area contributed by atoms with E-state index in [0.29, 0.717) is 6.42 Å². The predicted molar refractivity (Wildman–Crippen MR) is 97.6 cm³/mol. The molecule has 4 aliphatic heterocycles. The van der Waals surface area contributed by atoms with Crippen LogP contribution < -0.4 is 0 Å². The van der Waals surface area contributed by atoms with Crippen LogP contribution in [0.1, 0.15) is 30.6 Å². The Balaban J connectivity index is 1.74. The molecule has 0 radical (unpaired) electrons. The minimum Gasteiger partial charge on any atom is -0.468 e. The lowest BCUT2D eigenvalue weighted by Crippen LogP contribution is -2.69. The number of hydrogen-bond donors (Lipinski definition) is 1. The Hall–Kier alpha value is -2.40. The molecule has 5 unspecified atom stereocenters. The highest BCUT2D eigenvalue weighted by Crippen LogP contribution is 2.59. The number of aldehydes is 1. The highest BCUT2D eigenvalue weighted by Gasteiger charge is 2.65. The van der Waals surface area contributed by atoms with Crippen LogP contribution in [0.5, 0.6) is 0 Å². The van der Waals surface area contributed by atoms with Crippen LogP contribution in [-0.4, -0.2) is 41.8 Å². The second-order valence-electron chi connectivity index (χ2n) is 7.67. The monoisotopic (exact) mass is 350 g/mol. The number of methoxy groups -OCH3 is 1. The first-order valence-corrected chi connectivity index (χ1v) is 9.20. The van der Waals surface area contributed by atoms with Crippen molar-refractivity contribution in [2.24, 2.45) is 11.3 Å². The highest BCUT2D eigenvalue weighted by atomic mass is 16.5. The van der Waals surface area contributed by atoms with Gasteiger partial charge in [-0.1, -0.05) is 29.8 Å². The summed E-state index contributed by atoms with van der Waals surface area (Å²) in [5.74, 6) is -0.481. The number of hydrogen-bond acceptors (Lipinski definition) is 4. The summed E-state index contributed by atoms with van der Waals surface area (Å²) in [6, 6.07) is 8.37. The van der Waals surface area contributed by atoms with Crippen molar-refractivity contribution in [1.82, 2.24) is 9.88 Å². The molecule has 2 aromatic rings. The fourth-order valence-corrected chi connectivity index (χ4v) is 5.72. The highest BCUT2D eigenvalue weighted by molar-refractivity contribution is 5.96. The molecule has 0 spiro atoms. The Morgan fingerprint density at radius 3 is 2.92 bits per heavy atom. The number of carbonyl (C=O) groups is 2. The largest absolute Gasteiger partial charge is 0.468 e. The number of benzene rings is 1. The summed E-state index contributed by atoms with van der Waals surface area (Å²) in [6.07, 6.45) is 4.40. The van der Waals surface area contributed by atoms with Gasteiger partial charge >= 0.3 is 5.97 Å². The first kappa shape index (κ1) is 15.8. The first-order valence-electron chi connectivity index (χ1n) is 9.20. The van der Waals surface area contributed by atoms with Gasteiger partial charge in [-0.25, -0.2) is 0 Å². The molecule has 3 saturated heterocycles. The van der Waals surface area contributed by atoms with Crippen LogP contribution >= 0.6 is 0 Å². The van der Waals surface area contributed by atoms with E-state index >= 15 is 0 Å². The van der Waals surface area contributed by atoms with Gasteiger partial charge in [0.05, 0.1) is 13.2 Å². The molecular formula is C21H22N2O3. The van der Waals surface area contributed by atoms with E-state index in [1.807, 2.05) is 19.1 Å². The molecule has 5 atom stereocenters. The minimum atomic E-state index is -1.11. The van der Waals surface area contributed by atoms with Gasteiger partial charge in [-0.15, -0.1) is 0 Å². The van der Waals surface area contributed by atoms with Gasteiger partial charge in [0.2, 0.25) is 0 Å².